The van der Waals surface area contributed by atoms with Crippen LogP contribution in [0, 0.1) is 5.92 Å². The second-order valence-electron chi connectivity index (χ2n) is 12.3. The number of β-amino-alcohol motifs (C(OH)–C–C–N with tert-alkyl or cyclic N) is 1. The summed E-state index contributed by atoms with van der Waals surface area (Å²) in [5, 5.41) is 33.9. The van der Waals surface area contributed by atoms with Gasteiger partial charge in [0, 0.05) is 32.5 Å². The number of amides is 2. The number of esters is 1. The molecular weight excluding hydrogens is 544 g/mol. The van der Waals surface area contributed by atoms with E-state index >= 15 is 0 Å². The highest BCUT2D eigenvalue weighted by Gasteiger charge is 2.45. The summed E-state index contributed by atoms with van der Waals surface area (Å²) in [6.45, 7) is 11.1. The molecule has 6 unspecified atom stereocenters. The molecule has 0 radical (unpaired) electrons. The van der Waals surface area contributed by atoms with Gasteiger partial charge in [0.15, 0.2) is 0 Å². The fourth-order valence-corrected chi connectivity index (χ4v) is 5.62. The molecule has 0 aromatic carbocycles. The lowest BCUT2D eigenvalue weighted by Gasteiger charge is -2.43. The van der Waals surface area contributed by atoms with E-state index in [1.807, 2.05) is 26.0 Å². The molecule has 0 aromatic heterocycles. The quantitative estimate of drug-likeness (QED) is 0.168. The molecule has 0 aromatic rings. The molecule has 4 N–H and O–H groups in total. The van der Waals surface area contributed by atoms with Gasteiger partial charge in [0.05, 0.1) is 42.5 Å². The van der Waals surface area contributed by atoms with E-state index in [1.165, 1.54) is 19.1 Å². The summed E-state index contributed by atoms with van der Waals surface area (Å²) in [5.41, 5.74) is -0.474. The van der Waals surface area contributed by atoms with E-state index in [9.17, 15) is 29.7 Å². The molecule has 3 fully saturated rings. The zero-order valence-electron chi connectivity index (χ0n) is 25.6. The first-order chi connectivity index (χ1) is 19.6. The van der Waals surface area contributed by atoms with Crippen molar-refractivity contribution in [3.63, 3.8) is 0 Å². The third-order valence-electron chi connectivity index (χ3n) is 8.19. The van der Waals surface area contributed by atoms with E-state index in [2.05, 4.69) is 12.2 Å². The minimum Gasteiger partial charge on any atom is -0.459 e. The van der Waals surface area contributed by atoms with Crippen LogP contribution in [-0.2, 0) is 28.6 Å². The molecule has 3 saturated heterocycles. The lowest BCUT2D eigenvalue weighted by Crippen LogP contribution is -2.57. The van der Waals surface area contributed by atoms with E-state index in [4.69, 9.17) is 14.2 Å². The van der Waals surface area contributed by atoms with Crippen LogP contribution in [0.25, 0.3) is 0 Å². The predicted octanol–water partition coefficient (Wildman–Crippen LogP) is 1.55. The van der Waals surface area contributed by atoms with Gasteiger partial charge in [-0.2, -0.15) is 0 Å². The van der Waals surface area contributed by atoms with Crippen molar-refractivity contribution in [1.82, 2.24) is 10.2 Å². The number of aliphatic hydroxyl groups excluding tert-OH is 2. The maximum Gasteiger partial charge on any atom is 0.303 e. The Kier molecular flexibility index (Phi) is 11.9. The van der Waals surface area contributed by atoms with Crippen molar-refractivity contribution in [1.29, 1.82) is 0 Å². The maximum atomic E-state index is 12.5. The Bertz CT molecular complexity index is 1050. The summed E-state index contributed by atoms with van der Waals surface area (Å²) in [6, 6.07) is -0.147. The van der Waals surface area contributed by atoms with Crippen LogP contribution in [0.2, 0.25) is 0 Å². The van der Waals surface area contributed by atoms with E-state index in [0.717, 1.165) is 12.0 Å². The minimum absolute atomic E-state index is 0.0382. The second kappa shape index (κ2) is 14.7. The van der Waals surface area contributed by atoms with Gasteiger partial charge in [0.1, 0.15) is 18.3 Å². The van der Waals surface area contributed by atoms with Crippen LogP contribution in [0.5, 0.6) is 0 Å². The lowest BCUT2D eigenvalue weighted by atomic mass is 9.84. The van der Waals surface area contributed by atoms with Crippen molar-refractivity contribution in [2.75, 3.05) is 13.1 Å². The molecule has 42 heavy (non-hydrogen) atoms. The Morgan fingerprint density at radius 3 is 2.48 bits per heavy atom. The fourth-order valence-electron chi connectivity index (χ4n) is 5.62. The molecule has 9 atom stereocenters. The molecule has 2 amide bonds. The Morgan fingerprint density at radius 1 is 1.14 bits per heavy atom. The Hall–Kier alpha value is -2.57. The standard InChI is InChI=1S/C31H48N2O9/c1-18(8-11-27-30(38)31(6,39)15-24(42-27)14-29(37)33-16-23(35)17-33)7-10-26-19(2)13-25(21(4)41-26)32-28(36)12-9-20(3)40-22(5)34/h7-9,11-12,19-21,23-27,30,35,38-39H,10,13-17H2,1-6H3,(H,32,36)/b11-8+,12-9-,18-7+/t19-,20?,21?,24+,25?,26?,27?,30+,31?/m0/s1. The molecule has 236 valence electrons. The van der Waals surface area contributed by atoms with Gasteiger partial charge in [-0.3, -0.25) is 14.4 Å². The predicted molar refractivity (Wildman–Crippen MR) is 155 cm³/mol. The summed E-state index contributed by atoms with van der Waals surface area (Å²) < 4.78 is 17.2. The van der Waals surface area contributed by atoms with Gasteiger partial charge in [0.2, 0.25) is 11.8 Å². The molecule has 0 saturated carbocycles. The molecule has 3 aliphatic heterocycles. The molecule has 3 heterocycles. The van der Waals surface area contributed by atoms with Gasteiger partial charge < -0.3 is 39.7 Å². The Balaban J connectivity index is 1.50. The number of rotatable bonds is 10. The maximum absolute atomic E-state index is 12.5. The molecule has 3 aliphatic rings. The van der Waals surface area contributed by atoms with Crippen molar-refractivity contribution in [3.8, 4) is 0 Å². The SMILES string of the molecule is CC(=O)OC(C)/C=C\C(=O)NC1C[C@H](C)C(C/C=C(C)/C=C/C2O[C@H](CC(=O)N3CC(O)C3)CC(C)(O)[C@@H]2O)OC1C. The number of nitrogens with one attached hydrogen (secondary N) is 1. The van der Waals surface area contributed by atoms with Crippen molar-refractivity contribution < 1.29 is 43.9 Å². The van der Waals surface area contributed by atoms with Gasteiger partial charge in [-0.15, -0.1) is 0 Å². The zero-order valence-corrected chi connectivity index (χ0v) is 25.6. The van der Waals surface area contributed by atoms with Gasteiger partial charge in [-0.05, 0) is 52.5 Å². The lowest BCUT2D eigenvalue weighted by molar-refractivity contribution is -0.198. The van der Waals surface area contributed by atoms with Gasteiger partial charge in [-0.25, -0.2) is 0 Å². The minimum atomic E-state index is -1.41. The molecule has 11 nitrogen and oxygen atoms in total. The molecular formula is C31H48N2O9. The topological polar surface area (TPSA) is 155 Å². The number of allylic oxidation sites excluding steroid dienone is 2. The molecule has 11 heteroatoms. The summed E-state index contributed by atoms with van der Waals surface area (Å²) in [7, 11) is 0. The first kappa shape index (κ1) is 33.9. The molecule has 3 rings (SSSR count). The van der Waals surface area contributed by atoms with Crippen LogP contribution < -0.4 is 5.32 Å². The highest BCUT2D eigenvalue weighted by molar-refractivity contribution is 5.87. The van der Waals surface area contributed by atoms with E-state index in [1.54, 1.807) is 24.8 Å². The van der Waals surface area contributed by atoms with Crippen LogP contribution in [0.3, 0.4) is 0 Å². The van der Waals surface area contributed by atoms with Crippen LogP contribution in [0.4, 0.5) is 0 Å². The Morgan fingerprint density at radius 2 is 1.83 bits per heavy atom. The van der Waals surface area contributed by atoms with Crippen molar-refractivity contribution >= 4 is 17.8 Å². The Labute approximate surface area is 248 Å². The number of aliphatic hydroxyl groups is 3. The van der Waals surface area contributed by atoms with Crippen LogP contribution in [-0.4, -0.2) is 105 Å². The van der Waals surface area contributed by atoms with E-state index in [0.29, 0.717) is 19.5 Å². The van der Waals surface area contributed by atoms with Crippen molar-refractivity contribution in [3.05, 3.63) is 36.0 Å². The van der Waals surface area contributed by atoms with Gasteiger partial charge in [-0.1, -0.05) is 30.7 Å². The number of hydrogen-bond donors (Lipinski definition) is 4. The summed E-state index contributed by atoms with van der Waals surface area (Å²) in [4.78, 5) is 37.4. The van der Waals surface area contributed by atoms with Crippen molar-refractivity contribution in [2.45, 2.75) is 122 Å². The van der Waals surface area contributed by atoms with E-state index < -0.39 is 42.1 Å². The van der Waals surface area contributed by atoms with Crippen LogP contribution in [0.15, 0.2) is 36.0 Å². The number of carbonyl (C=O) groups excluding carboxylic acids is 3. The largest absolute Gasteiger partial charge is 0.459 e. The first-order valence-corrected chi connectivity index (χ1v) is 14.8. The fraction of sp³-hybridized carbons (Fsp3) is 0.710. The highest BCUT2D eigenvalue weighted by atomic mass is 16.5. The van der Waals surface area contributed by atoms with Crippen LogP contribution >= 0.6 is 0 Å². The third-order valence-corrected chi connectivity index (χ3v) is 8.19. The number of carbonyl (C=O) groups is 3. The average molecular weight is 593 g/mol. The first-order valence-electron chi connectivity index (χ1n) is 14.8. The number of likely N-dealkylation sites (tertiary alicyclic amines) is 1. The normalized spacial score (nSPS) is 35.2. The number of nitrogens with zero attached hydrogens (tertiary/aromatic N) is 1. The molecule has 0 aliphatic carbocycles. The average Bonchev–Trinajstić information content (AvgIpc) is 2.87. The summed E-state index contributed by atoms with van der Waals surface area (Å²) >= 11 is 0. The van der Waals surface area contributed by atoms with Gasteiger partial charge in [0.25, 0.3) is 0 Å². The van der Waals surface area contributed by atoms with E-state index in [-0.39, 0.29) is 48.8 Å². The molecule has 0 bridgehead atoms. The highest BCUT2D eigenvalue weighted by Crippen LogP contribution is 2.32. The smallest absolute Gasteiger partial charge is 0.303 e. The zero-order chi connectivity index (χ0) is 31.2. The molecule has 0 spiro atoms. The third kappa shape index (κ3) is 9.74. The second-order valence-corrected chi connectivity index (χ2v) is 12.3. The summed E-state index contributed by atoms with van der Waals surface area (Å²) in [5.74, 6) is -0.623. The number of ether oxygens (including phenoxy) is 3. The number of hydrogen-bond acceptors (Lipinski definition) is 9. The monoisotopic (exact) mass is 592 g/mol. The van der Waals surface area contributed by atoms with Crippen molar-refractivity contribution in [2.24, 2.45) is 5.92 Å². The summed E-state index contributed by atoms with van der Waals surface area (Å²) in [6.07, 6.45) is 6.46. The van der Waals surface area contributed by atoms with Gasteiger partial charge >= 0.3 is 5.97 Å². The van der Waals surface area contributed by atoms with Crippen LogP contribution in [0.1, 0.15) is 67.2 Å².